The van der Waals surface area contributed by atoms with Crippen LogP contribution in [0.1, 0.15) is 63.6 Å². The number of cyclic esters (lactones) is 1. The van der Waals surface area contributed by atoms with E-state index in [1.165, 1.54) is 25.8 Å². The number of nitriles is 1. The first kappa shape index (κ1) is 30.7. The number of hydrogen-bond donors (Lipinski definition) is 2. The summed E-state index contributed by atoms with van der Waals surface area (Å²) in [5.41, 5.74) is 10.6. The van der Waals surface area contributed by atoms with Crippen molar-refractivity contribution in [2.45, 2.75) is 62.1 Å². The van der Waals surface area contributed by atoms with Crippen molar-refractivity contribution in [3.63, 3.8) is 0 Å². The number of fused-ring (bicyclic) bond motifs is 6. The number of phenolic OH excluding ortho intramolecular Hbond substituents is 1. The fourth-order valence-electron chi connectivity index (χ4n) is 8.20. The molecule has 2 aromatic rings. The van der Waals surface area contributed by atoms with Gasteiger partial charge in [0.2, 0.25) is 6.79 Å². The Bertz CT molecular complexity index is 1710. The lowest BCUT2D eigenvalue weighted by molar-refractivity contribution is -0.147. The van der Waals surface area contributed by atoms with E-state index >= 15 is 0 Å². The quantitative estimate of drug-likeness (QED) is 0.283. The van der Waals surface area contributed by atoms with Crippen LogP contribution in [0.3, 0.4) is 0 Å². The van der Waals surface area contributed by atoms with Crippen LogP contribution in [0.15, 0.2) is 18.7 Å². The van der Waals surface area contributed by atoms with Gasteiger partial charge in [0, 0.05) is 60.0 Å². The Labute approximate surface area is 270 Å². The van der Waals surface area contributed by atoms with Crippen LogP contribution in [-0.4, -0.2) is 84.3 Å². The summed E-state index contributed by atoms with van der Waals surface area (Å²) in [5.74, 6) is 0.474. The van der Waals surface area contributed by atoms with Crippen molar-refractivity contribution in [3.8, 4) is 34.8 Å². The van der Waals surface area contributed by atoms with E-state index < -0.39 is 47.4 Å². The zero-order chi connectivity index (χ0) is 32.6. The van der Waals surface area contributed by atoms with Gasteiger partial charge in [0.1, 0.15) is 24.4 Å². The van der Waals surface area contributed by atoms with E-state index in [-0.39, 0.29) is 30.8 Å². The number of phenols is 1. The highest BCUT2D eigenvalue weighted by Crippen LogP contribution is 2.64. The molecule has 8 atom stereocenters. The summed E-state index contributed by atoms with van der Waals surface area (Å²) in [4.78, 5) is 30.1. The van der Waals surface area contributed by atoms with Gasteiger partial charge in [-0.1, -0.05) is 12.1 Å². The average Bonchev–Trinajstić information content (AvgIpc) is 3.43. The second-order valence-electron chi connectivity index (χ2n) is 12.3. The Morgan fingerprint density at radius 1 is 1.24 bits per heavy atom. The number of aromatic hydroxyl groups is 1. The van der Waals surface area contributed by atoms with Gasteiger partial charge in [-0.2, -0.15) is 5.26 Å². The summed E-state index contributed by atoms with van der Waals surface area (Å²) in [5, 5.41) is 22.5. The third-order valence-corrected chi connectivity index (χ3v) is 11.3. The standard InChI is InChI=1S/C33H36N4O8S/c1-6-7-36-10-18-17-8-14(2)28(41-5)27(39)22(17)25(36)26-32-24-23(31-30(43-13-44-31)15(3)29(24)45-16(4)38)21(37(26)20(18)9-34)11-42-33(40)19(35)12-46-32/h6,8,18-21,25-26,32,39H,1,7,10-13,35H2,2-5H3/t18?,19?,20-,21-,25?,26?,32+/m0/s1. The van der Waals surface area contributed by atoms with Crippen molar-refractivity contribution >= 4 is 23.7 Å². The molecule has 4 bridgehead atoms. The molecular formula is C33H36N4O8S. The normalized spacial score (nSPS) is 30.7. The number of hydrogen-bond acceptors (Lipinski definition) is 13. The fraction of sp³-hybridized carbons (Fsp3) is 0.485. The molecule has 0 aliphatic carbocycles. The third kappa shape index (κ3) is 4.31. The second-order valence-corrected chi connectivity index (χ2v) is 13.5. The maximum atomic E-state index is 13.1. The highest BCUT2D eigenvalue weighted by atomic mass is 32.2. The number of rotatable bonds is 4. The lowest BCUT2D eigenvalue weighted by atomic mass is 9.78. The monoisotopic (exact) mass is 648 g/mol. The van der Waals surface area contributed by atoms with Gasteiger partial charge in [-0.3, -0.25) is 19.4 Å². The molecule has 2 aromatic carbocycles. The van der Waals surface area contributed by atoms with Crippen molar-refractivity contribution in [2.24, 2.45) is 5.73 Å². The maximum absolute atomic E-state index is 13.1. The van der Waals surface area contributed by atoms with Crippen LogP contribution in [0.4, 0.5) is 0 Å². The lowest BCUT2D eigenvalue weighted by Gasteiger charge is -2.51. The number of benzene rings is 2. The number of ether oxygens (including phenoxy) is 5. The molecule has 12 nitrogen and oxygen atoms in total. The zero-order valence-corrected chi connectivity index (χ0v) is 26.9. The van der Waals surface area contributed by atoms with Crippen molar-refractivity contribution in [1.82, 2.24) is 9.80 Å². The van der Waals surface area contributed by atoms with Gasteiger partial charge in [0.15, 0.2) is 23.0 Å². The van der Waals surface area contributed by atoms with Crippen LogP contribution >= 0.6 is 11.8 Å². The Balaban J connectivity index is 1.59. The van der Waals surface area contributed by atoms with Crippen LogP contribution in [0.2, 0.25) is 0 Å². The van der Waals surface area contributed by atoms with Gasteiger partial charge in [-0.25, -0.2) is 0 Å². The number of thioether (sulfide) groups is 1. The second kappa shape index (κ2) is 11.4. The molecule has 2 fully saturated rings. The predicted octanol–water partition coefficient (Wildman–Crippen LogP) is 3.29. The molecule has 0 radical (unpaired) electrons. The molecule has 8 rings (SSSR count). The smallest absolute Gasteiger partial charge is 0.323 e. The van der Waals surface area contributed by atoms with Crippen molar-refractivity contribution in [1.29, 1.82) is 5.26 Å². The van der Waals surface area contributed by atoms with Gasteiger partial charge in [0.05, 0.1) is 30.5 Å². The summed E-state index contributed by atoms with van der Waals surface area (Å²) in [6.07, 6.45) is 1.82. The molecule has 5 unspecified atom stereocenters. The third-order valence-electron chi connectivity index (χ3n) is 9.85. The molecule has 46 heavy (non-hydrogen) atoms. The predicted molar refractivity (Wildman–Crippen MR) is 167 cm³/mol. The minimum Gasteiger partial charge on any atom is -0.504 e. The molecule has 3 N–H and O–H groups in total. The molecule has 0 spiro atoms. The van der Waals surface area contributed by atoms with E-state index in [1.807, 2.05) is 26.0 Å². The molecule has 13 heteroatoms. The summed E-state index contributed by atoms with van der Waals surface area (Å²) in [7, 11) is 1.53. The van der Waals surface area contributed by atoms with E-state index in [4.69, 9.17) is 29.4 Å². The highest BCUT2D eigenvalue weighted by molar-refractivity contribution is 7.99. The van der Waals surface area contributed by atoms with Crippen LogP contribution in [0, 0.1) is 25.2 Å². The van der Waals surface area contributed by atoms with Crippen molar-refractivity contribution in [3.05, 3.63) is 52.1 Å². The van der Waals surface area contributed by atoms with E-state index in [0.717, 1.165) is 11.1 Å². The highest BCUT2D eigenvalue weighted by Gasteiger charge is 2.60. The Morgan fingerprint density at radius 3 is 2.70 bits per heavy atom. The van der Waals surface area contributed by atoms with E-state index in [0.29, 0.717) is 58.3 Å². The van der Waals surface area contributed by atoms with Crippen LogP contribution in [0.5, 0.6) is 28.7 Å². The van der Waals surface area contributed by atoms with Crippen molar-refractivity contribution in [2.75, 3.05) is 39.4 Å². The van der Waals surface area contributed by atoms with Gasteiger partial charge in [-0.05, 0) is 25.0 Å². The summed E-state index contributed by atoms with van der Waals surface area (Å²) in [6.45, 7) is 9.91. The number of nitrogens with two attached hydrogens (primary N) is 1. The first-order valence-electron chi connectivity index (χ1n) is 15.2. The molecule has 0 amide bonds. The SMILES string of the molecule is C=CCN1CC2c3cc(C)c(OC)c(O)c3C1C1[C@@H]3SCC(N)C(=O)OC[C@@H](c4c5c(c(C)c(OC(C)=O)c43)OCO5)N1[C@H]2C#N. The summed E-state index contributed by atoms with van der Waals surface area (Å²) < 4.78 is 29.6. The number of methoxy groups -OCH3 is 1. The molecule has 6 heterocycles. The first-order chi connectivity index (χ1) is 22.1. The van der Waals surface area contributed by atoms with Gasteiger partial charge in [-0.15, -0.1) is 18.3 Å². The molecule has 2 saturated heterocycles. The fourth-order valence-corrected chi connectivity index (χ4v) is 9.64. The molecule has 0 aromatic heterocycles. The summed E-state index contributed by atoms with van der Waals surface area (Å²) >= 11 is 1.44. The number of nitrogens with zero attached hydrogens (tertiary/aromatic N) is 3. The number of carbonyl (C=O) groups excluding carboxylic acids is 2. The minimum atomic E-state index is -0.907. The minimum absolute atomic E-state index is 0.0307. The lowest BCUT2D eigenvalue weighted by Crippen LogP contribution is -2.55. The molecule has 0 saturated carbocycles. The number of esters is 2. The maximum Gasteiger partial charge on any atom is 0.323 e. The largest absolute Gasteiger partial charge is 0.504 e. The average molecular weight is 649 g/mol. The van der Waals surface area contributed by atoms with Gasteiger partial charge >= 0.3 is 11.9 Å². The molecule has 242 valence electrons. The first-order valence-corrected chi connectivity index (χ1v) is 16.3. The topological polar surface area (TPSA) is 157 Å². The van der Waals surface area contributed by atoms with Crippen LogP contribution in [-0.2, 0) is 14.3 Å². The van der Waals surface area contributed by atoms with E-state index in [1.54, 1.807) is 0 Å². The molecule has 6 aliphatic rings. The van der Waals surface area contributed by atoms with Crippen LogP contribution < -0.4 is 24.7 Å². The molecular weight excluding hydrogens is 612 g/mol. The Kier molecular flexibility index (Phi) is 7.59. The Morgan fingerprint density at radius 2 is 2.00 bits per heavy atom. The zero-order valence-electron chi connectivity index (χ0n) is 26.1. The Hall–Kier alpha value is -3.96. The number of carbonyl (C=O) groups is 2. The van der Waals surface area contributed by atoms with E-state index in [2.05, 4.69) is 22.4 Å². The van der Waals surface area contributed by atoms with E-state index in [9.17, 15) is 20.0 Å². The van der Waals surface area contributed by atoms with Crippen molar-refractivity contribution < 1.29 is 38.4 Å². The van der Waals surface area contributed by atoms with Crippen LogP contribution in [0.25, 0.3) is 0 Å². The summed E-state index contributed by atoms with van der Waals surface area (Å²) in [6, 6.07) is 1.36. The van der Waals surface area contributed by atoms with Gasteiger partial charge in [0.25, 0.3) is 0 Å². The number of aryl methyl sites for hydroxylation is 1. The van der Waals surface area contributed by atoms with Gasteiger partial charge < -0.3 is 34.5 Å². The molecule has 6 aliphatic heterocycles.